The summed E-state index contributed by atoms with van der Waals surface area (Å²) in [5, 5.41) is 0. The van der Waals surface area contributed by atoms with Crippen LogP contribution in [0.1, 0.15) is 20.8 Å². The van der Waals surface area contributed by atoms with Crippen molar-refractivity contribution >= 4 is 6.04 Å². The Labute approximate surface area is 48.9 Å². The van der Waals surface area contributed by atoms with Crippen molar-refractivity contribution in [3.8, 4) is 0 Å². The molecular formula is C6H11FO. The number of rotatable bonds is 2. The van der Waals surface area contributed by atoms with Crippen molar-refractivity contribution in [2.45, 2.75) is 20.8 Å². The maximum atomic E-state index is 11.7. The number of hydrogen-bond acceptors (Lipinski definition) is 1. The van der Waals surface area contributed by atoms with Crippen LogP contribution in [0.4, 0.5) is 4.39 Å². The summed E-state index contributed by atoms with van der Waals surface area (Å²) in [6.45, 7) is 5.23. The highest BCUT2D eigenvalue weighted by Crippen LogP contribution is 2.10. The Bertz CT molecular complexity index is 88.5. The van der Waals surface area contributed by atoms with E-state index in [0.29, 0.717) is 0 Å². The van der Waals surface area contributed by atoms with Crippen LogP contribution in [0.25, 0.3) is 0 Å². The predicted molar refractivity (Wildman–Crippen MR) is 30.1 cm³/mol. The van der Waals surface area contributed by atoms with E-state index in [-0.39, 0.29) is 5.92 Å². The average molecular weight is 118 g/mol. The first-order valence-electron chi connectivity index (χ1n) is 2.75. The average Bonchev–Trinajstić information content (AvgIpc) is 1.64. The molecule has 8 heavy (non-hydrogen) atoms. The third-order valence-corrected chi connectivity index (χ3v) is 1.36. The second kappa shape index (κ2) is 2.80. The molecule has 0 rings (SSSR count). The van der Waals surface area contributed by atoms with Crippen LogP contribution in [0.15, 0.2) is 0 Å². The molecule has 0 radical (unpaired) electrons. The molecule has 2 heteroatoms. The van der Waals surface area contributed by atoms with Crippen molar-refractivity contribution in [1.82, 2.24) is 0 Å². The molecule has 0 unspecified atom stereocenters. The first-order chi connectivity index (χ1) is 3.55. The fourth-order valence-corrected chi connectivity index (χ4v) is 0.262. The van der Waals surface area contributed by atoms with Gasteiger partial charge in [-0.15, -0.1) is 0 Å². The zero-order valence-electron chi connectivity index (χ0n) is 5.44. The molecule has 0 aliphatic rings. The summed E-state index contributed by atoms with van der Waals surface area (Å²) < 4.78 is 11.7. The lowest BCUT2D eigenvalue weighted by Gasteiger charge is -2.06. The number of hydrogen-bond donors (Lipinski definition) is 0. The van der Waals surface area contributed by atoms with Gasteiger partial charge in [-0.1, -0.05) is 20.8 Å². The molecule has 0 aromatic rings. The summed E-state index contributed by atoms with van der Waals surface area (Å²) in [4.78, 5) is 9.92. The largest absolute Gasteiger partial charge is 0.304 e. The van der Waals surface area contributed by atoms with E-state index < -0.39 is 12.0 Å². The van der Waals surface area contributed by atoms with Crippen LogP contribution < -0.4 is 0 Å². The molecule has 1 nitrogen and oxygen atoms in total. The van der Waals surface area contributed by atoms with Gasteiger partial charge in [0.05, 0.1) is 0 Å². The molecule has 1 atom stereocenters. The standard InChI is InChI=1S/C6H11FO/c1-4(2)5(3)6(7)8/h4-5H,1-3H3/t5-/m0/s1. The van der Waals surface area contributed by atoms with Crippen LogP contribution in [-0.4, -0.2) is 6.04 Å². The van der Waals surface area contributed by atoms with E-state index in [4.69, 9.17) is 0 Å². The predicted octanol–water partition coefficient (Wildman–Crippen LogP) is 1.77. The second-order valence-electron chi connectivity index (χ2n) is 2.34. The molecule has 0 fully saturated rings. The van der Waals surface area contributed by atoms with Gasteiger partial charge in [0.25, 0.3) is 0 Å². The van der Waals surface area contributed by atoms with Gasteiger partial charge in [-0.25, -0.2) is 0 Å². The van der Waals surface area contributed by atoms with Crippen molar-refractivity contribution in [2.75, 3.05) is 0 Å². The van der Waals surface area contributed by atoms with Crippen LogP contribution in [-0.2, 0) is 4.79 Å². The molecule has 0 amide bonds. The first kappa shape index (κ1) is 7.60. The maximum Gasteiger partial charge on any atom is 0.304 e. The number of carbonyl (C=O) groups is 1. The molecule has 0 aromatic heterocycles. The molecule has 0 saturated carbocycles. The van der Waals surface area contributed by atoms with Gasteiger partial charge in [0.1, 0.15) is 0 Å². The summed E-state index contributed by atoms with van der Waals surface area (Å²) in [5.41, 5.74) is 0. The molecule has 48 valence electrons. The summed E-state index contributed by atoms with van der Waals surface area (Å²) in [5.74, 6) is -0.317. The van der Waals surface area contributed by atoms with E-state index in [2.05, 4.69) is 0 Å². The molecule has 0 spiro atoms. The van der Waals surface area contributed by atoms with Gasteiger partial charge < -0.3 is 0 Å². The Kier molecular flexibility index (Phi) is 2.66. The van der Waals surface area contributed by atoms with Crippen molar-refractivity contribution in [1.29, 1.82) is 0 Å². The Hall–Kier alpha value is -0.400. The summed E-state index contributed by atoms with van der Waals surface area (Å²) in [6, 6.07) is -1.21. The van der Waals surface area contributed by atoms with Crippen molar-refractivity contribution in [3.05, 3.63) is 0 Å². The lowest BCUT2D eigenvalue weighted by Crippen LogP contribution is -2.11. The van der Waals surface area contributed by atoms with Crippen LogP contribution in [0.3, 0.4) is 0 Å². The summed E-state index contributed by atoms with van der Waals surface area (Å²) in [6.07, 6.45) is 0. The van der Waals surface area contributed by atoms with E-state index in [1.807, 2.05) is 13.8 Å². The van der Waals surface area contributed by atoms with Gasteiger partial charge in [-0.05, 0) is 5.92 Å². The fourth-order valence-electron chi connectivity index (χ4n) is 0.262. The van der Waals surface area contributed by atoms with Gasteiger partial charge in [-0.2, -0.15) is 4.39 Å². The van der Waals surface area contributed by atoms with Crippen LogP contribution in [0.5, 0.6) is 0 Å². The lowest BCUT2D eigenvalue weighted by molar-refractivity contribution is -0.134. The maximum absolute atomic E-state index is 11.7. The third kappa shape index (κ3) is 2.05. The smallest absolute Gasteiger partial charge is 0.261 e. The zero-order chi connectivity index (χ0) is 6.73. The van der Waals surface area contributed by atoms with Crippen LogP contribution in [0, 0.1) is 11.8 Å². The van der Waals surface area contributed by atoms with E-state index >= 15 is 0 Å². The zero-order valence-corrected chi connectivity index (χ0v) is 5.44. The van der Waals surface area contributed by atoms with Gasteiger partial charge >= 0.3 is 6.04 Å². The van der Waals surface area contributed by atoms with Gasteiger partial charge in [0, 0.05) is 5.92 Å². The van der Waals surface area contributed by atoms with Gasteiger partial charge in [0.2, 0.25) is 0 Å². The topological polar surface area (TPSA) is 17.1 Å². The summed E-state index contributed by atoms with van der Waals surface area (Å²) >= 11 is 0. The second-order valence-corrected chi connectivity index (χ2v) is 2.34. The minimum absolute atomic E-state index is 0.118. The van der Waals surface area contributed by atoms with Gasteiger partial charge in [0.15, 0.2) is 0 Å². The molecule has 0 aliphatic carbocycles. The van der Waals surface area contributed by atoms with E-state index in [1.54, 1.807) is 6.92 Å². The Morgan fingerprint density at radius 3 is 1.75 bits per heavy atom. The van der Waals surface area contributed by atoms with Gasteiger partial charge in [-0.3, -0.25) is 4.79 Å². The normalized spacial score (nSPS) is 14.1. The fraction of sp³-hybridized carbons (Fsp3) is 0.833. The molecule has 0 aliphatic heterocycles. The van der Waals surface area contributed by atoms with Crippen LogP contribution in [0.2, 0.25) is 0 Å². The summed E-state index contributed by atoms with van der Waals surface area (Å²) in [7, 11) is 0. The SMILES string of the molecule is CC(C)[C@H](C)C(=O)F. The quantitative estimate of drug-likeness (QED) is 0.505. The monoisotopic (exact) mass is 118 g/mol. The number of halogens is 1. The lowest BCUT2D eigenvalue weighted by atomic mass is 9.99. The van der Waals surface area contributed by atoms with E-state index in [0.717, 1.165) is 0 Å². The third-order valence-electron chi connectivity index (χ3n) is 1.36. The Morgan fingerprint density at radius 2 is 1.75 bits per heavy atom. The highest BCUT2D eigenvalue weighted by atomic mass is 19.1. The minimum Gasteiger partial charge on any atom is -0.261 e. The van der Waals surface area contributed by atoms with E-state index in [9.17, 15) is 9.18 Å². The molecule has 0 saturated heterocycles. The molecule has 0 bridgehead atoms. The minimum atomic E-state index is -1.21. The Balaban J connectivity index is 3.64. The highest BCUT2D eigenvalue weighted by molar-refractivity contribution is 5.70. The first-order valence-corrected chi connectivity index (χ1v) is 2.75. The van der Waals surface area contributed by atoms with Crippen LogP contribution >= 0.6 is 0 Å². The Morgan fingerprint density at radius 1 is 1.38 bits per heavy atom. The molecule has 0 N–H and O–H groups in total. The number of carbonyl (C=O) groups excluding carboxylic acids is 1. The van der Waals surface area contributed by atoms with Crippen molar-refractivity contribution in [3.63, 3.8) is 0 Å². The molecule has 0 aromatic carbocycles. The van der Waals surface area contributed by atoms with E-state index in [1.165, 1.54) is 0 Å². The van der Waals surface area contributed by atoms with Crippen molar-refractivity contribution in [2.24, 2.45) is 11.8 Å². The van der Waals surface area contributed by atoms with Crippen molar-refractivity contribution < 1.29 is 9.18 Å². The molecular weight excluding hydrogens is 107 g/mol. The molecule has 0 heterocycles. The highest BCUT2D eigenvalue weighted by Gasteiger charge is 2.14.